The van der Waals surface area contributed by atoms with Gasteiger partial charge in [-0.25, -0.2) is 14.5 Å². The maximum Gasteiger partial charge on any atom is 0.154 e. The Morgan fingerprint density at radius 3 is 3.04 bits per heavy atom. The maximum absolute atomic E-state index is 4.66. The van der Waals surface area contributed by atoms with Crippen molar-refractivity contribution in [1.29, 1.82) is 0 Å². The first kappa shape index (κ1) is 15.1. The van der Waals surface area contributed by atoms with E-state index in [1.165, 1.54) is 0 Å². The highest BCUT2D eigenvalue weighted by Crippen LogP contribution is 2.16. The van der Waals surface area contributed by atoms with Gasteiger partial charge in [-0.3, -0.25) is 4.98 Å². The van der Waals surface area contributed by atoms with Crippen LogP contribution >= 0.6 is 0 Å². The van der Waals surface area contributed by atoms with E-state index >= 15 is 0 Å². The van der Waals surface area contributed by atoms with E-state index in [-0.39, 0.29) is 5.92 Å². The van der Waals surface area contributed by atoms with Gasteiger partial charge in [-0.15, -0.1) is 0 Å². The van der Waals surface area contributed by atoms with Gasteiger partial charge < -0.3 is 5.32 Å². The summed E-state index contributed by atoms with van der Waals surface area (Å²) < 4.78 is 1.77. The zero-order chi connectivity index (χ0) is 17.1. The van der Waals surface area contributed by atoms with Crippen LogP contribution in [0.1, 0.15) is 12.1 Å². The number of aromatic nitrogens is 4. The van der Waals surface area contributed by atoms with Crippen molar-refractivity contribution < 1.29 is 0 Å². The van der Waals surface area contributed by atoms with Gasteiger partial charge in [-0.2, -0.15) is 5.10 Å². The number of rotatable bonds is 2. The van der Waals surface area contributed by atoms with Crippen LogP contribution < -0.4 is 5.32 Å². The van der Waals surface area contributed by atoms with Crippen molar-refractivity contribution in [2.45, 2.75) is 6.42 Å². The monoisotopic (exact) mass is 328 g/mol. The minimum absolute atomic E-state index is 0.131. The third-order valence-electron chi connectivity index (χ3n) is 3.91. The quantitative estimate of drug-likeness (QED) is 0.733. The minimum atomic E-state index is 0.131. The van der Waals surface area contributed by atoms with Crippen LogP contribution in [0.4, 0.5) is 0 Å². The van der Waals surface area contributed by atoms with Gasteiger partial charge in [0.2, 0.25) is 0 Å². The van der Waals surface area contributed by atoms with Crippen LogP contribution in [0.3, 0.4) is 0 Å². The van der Waals surface area contributed by atoms with Crippen molar-refractivity contribution in [3.8, 4) is 23.1 Å². The highest BCUT2D eigenvalue weighted by Gasteiger charge is 2.08. The third kappa shape index (κ3) is 3.12. The number of imidazole rings is 1. The molecule has 0 bridgehead atoms. The fraction of sp³-hybridized carbons (Fsp3) is 0.158. The number of allylic oxidation sites excluding steroid dienone is 1. The maximum atomic E-state index is 4.66. The zero-order valence-electron chi connectivity index (χ0n) is 13.7. The van der Waals surface area contributed by atoms with Crippen LogP contribution in [-0.4, -0.2) is 32.8 Å². The Morgan fingerprint density at radius 1 is 1.24 bits per heavy atom. The summed E-state index contributed by atoms with van der Waals surface area (Å²) in [6.45, 7) is 0. The second kappa shape index (κ2) is 6.57. The van der Waals surface area contributed by atoms with Crippen molar-refractivity contribution in [3.05, 3.63) is 60.4 Å². The van der Waals surface area contributed by atoms with Crippen molar-refractivity contribution in [3.63, 3.8) is 0 Å². The van der Waals surface area contributed by atoms with Crippen LogP contribution in [0.25, 0.3) is 16.9 Å². The van der Waals surface area contributed by atoms with Gasteiger partial charge in [0.05, 0.1) is 11.9 Å². The molecule has 0 radical (unpaired) electrons. The molecule has 0 fully saturated rings. The molecule has 1 aliphatic rings. The summed E-state index contributed by atoms with van der Waals surface area (Å²) in [6.07, 6.45) is 10.0. The van der Waals surface area contributed by atoms with E-state index < -0.39 is 0 Å². The van der Waals surface area contributed by atoms with E-state index in [1.807, 2.05) is 43.6 Å². The molecule has 4 rings (SSSR count). The minimum Gasteiger partial charge on any atom is -0.373 e. The molecule has 0 amide bonds. The summed E-state index contributed by atoms with van der Waals surface area (Å²) in [5.74, 6) is 7.45. The number of hydrogen-bond acceptors (Lipinski definition) is 5. The molecule has 0 saturated carbocycles. The van der Waals surface area contributed by atoms with E-state index in [9.17, 15) is 0 Å². The van der Waals surface area contributed by atoms with Gasteiger partial charge >= 0.3 is 0 Å². The Labute approximate surface area is 145 Å². The average molecular weight is 328 g/mol. The summed E-state index contributed by atoms with van der Waals surface area (Å²) >= 11 is 0. The lowest BCUT2D eigenvalue weighted by molar-refractivity contribution is 0.825. The topological polar surface area (TPSA) is 67.5 Å². The first-order valence-electron chi connectivity index (χ1n) is 8.02. The summed E-state index contributed by atoms with van der Waals surface area (Å²) in [4.78, 5) is 12.8. The van der Waals surface area contributed by atoms with E-state index in [0.29, 0.717) is 0 Å². The van der Waals surface area contributed by atoms with E-state index in [1.54, 1.807) is 23.1 Å². The van der Waals surface area contributed by atoms with Gasteiger partial charge in [-0.05, 0) is 36.3 Å². The zero-order valence-corrected chi connectivity index (χ0v) is 13.7. The Bertz CT molecular complexity index is 1020. The third-order valence-corrected chi connectivity index (χ3v) is 3.91. The summed E-state index contributed by atoms with van der Waals surface area (Å²) in [5, 5.41) is 7.70. The van der Waals surface area contributed by atoms with Crippen molar-refractivity contribution in [1.82, 2.24) is 24.9 Å². The first-order valence-corrected chi connectivity index (χ1v) is 8.02. The second-order valence-electron chi connectivity index (χ2n) is 5.60. The van der Waals surface area contributed by atoms with E-state index in [2.05, 4.69) is 37.2 Å². The van der Waals surface area contributed by atoms with Gasteiger partial charge in [0.1, 0.15) is 11.5 Å². The van der Waals surface area contributed by atoms with E-state index in [0.717, 1.165) is 34.8 Å². The second-order valence-corrected chi connectivity index (χ2v) is 5.60. The predicted molar refractivity (Wildman–Crippen MR) is 96.8 cm³/mol. The van der Waals surface area contributed by atoms with Crippen LogP contribution in [0.15, 0.2) is 59.7 Å². The Balaban J connectivity index is 1.68. The smallest absolute Gasteiger partial charge is 0.154 e. The summed E-state index contributed by atoms with van der Waals surface area (Å²) in [7, 11) is 1.85. The Kier molecular flexibility index (Phi) is 3.97. The Morgan fingerprint density at radius 2 is 2.20 bits per heavy atom. The lowest BCUT2D eigenvalue weighted by atomic mass is 10.0. The highest BCUT2D eigenvalue weighted by atomic mass is 15.3. The molecule has 1 unspecified atom stereocenters. The molecule has 122 valence electrons. The molecule has 0 aromatic carbocycles. The molecule has 3 aromatic rings. The number of aliphatic imine (C=N–C) groups is 1. The fourth-order valence-corrected chi connectivity index (χ4v) is 2.61. The van der Waals surface area contributed by atoms with Gasteiger partial charge in [0.25, 0.3) is 0 Å². The molecular weight excluding hydrogens is 312 g/mol. The number of nitrogens with zero attached hydrogens (tertiary/aromatic N) is 5. The molecule has 6 heteroatoms. The molecule has 3 aromatic heterocycles. The average Bonchev–Trinajstić information content (AvgIpc) is 3.09. The van der Waals surface area contributed by atoms with Crippen LogP contribution in [-0.2, 0) is 0 Å². The fourth-order valence-electron chi connectivity index (χ4n) is 2.61. The summed E-state index contributed by atoms with van der Waals surface area (Å²) in [6, 6.07) is 7.75. The molecule has 25 heavy (non-hydrogen) atoms. The normalized spacial score (nSPS) is 16.2. The molecule has 0 saturated heterocycles. The molecule has 1 aliphatic heterocycles. The number of pyridine rings is 1. The van der Waals surface area contributed by atoms with Gasteiger partial charge in [0.15, 0.2) is 5.65 Å². The molecule has 6 nitrogen and oxygen atoms in total. The highest BCUT2D eigenvalue weighted by molar-refractivity contribution is 5.62. The standard InChI is InChI=1S/C19H16N6/c1-20-18-11-14(8-10-22-18)4-5-16-13-23-19-7-6-17(24-25(16)19)15-3-2-9-21-12-15/h2-3,6-7,9-14,20H,8H2,1H3. The SMILES string of the molecule is CNC1=CC(C#Cc2cnc3ccc(-c4cccnc4)nn23)CC=N1. The summed E-state index contributed by atoms with van der Waals surface area (Å²) in [5.41, 5.74) is 3.34. The predicted octanol–water partition coefficient (Wildman–Crippen LogP) is 2.29. The van der Waals surface area contributed by atoms with E-state index in [4.69, 9.17) is 0 Å². The lowest BCUT2D eigenvalue weighted by Crippen LogP contribution is -2.10. The number of hydrogen-bond donors (Lipinski definition) is 1. The molecule has 4 heterocycles. The van der Waals surface area contributed by atoms with Crippen LogP contribution in [0.5, 0.6) is 0 Å². The lowest BCUT2D eigenvalue weighted by Gasteiger charge is -2.09. The van der Waals surface area contributed by atoms with Gasteiger partial charge in [0, 0.05) is 43.6 Å². The van der Waals surface area contributed by atoms with Crippen molar-refractivity contribution in [2.75, 3.05) is 7.05 Å². The first-order chi connectivity index (χ1) is 12.3. The Hall–Kier alpha value is -3.46. The van der Waals surface area contributed by atoms with Gasteiger partial charge in [-0.1, -0.05) is 5.92 Å². The molecule has 1 atom stereocenters. The molecular formula is C19H16N6. The molecule has 0 aliphatic carbocycles. The number of nitrogens with one attached hydrogen (secondary N) is 1. The molecule has 1 N–H and O–H groups in total. The largest absolute Gasteiger partial charge is 0.373 e. The number of fused-ring (bicyclic) bond motifs is 1. The van der Waals surface area contributed by atoms with Crippen LogP contribution in [0.2, 0.25) is 0 Å². The van der Waals surface area contributed by atoms with Crippen molar-refractivity contribution in [2.24, 2.45) is 10.9 Å². The molecule has 0 spiro atoms. The van der Waals surface area contributed by atoms with Crippen LogP contribution in [0, 0.1) is 17.8 Å². The van der Waals surface area contributed by atoms with Crippen molar-refractivity contribution >= 4 is 11.9 Å².